The number of hydrogen-bond donors (Lipinski definition) is 1. The first-order valence-corrected chi connectivity index (χ1v) is 10.6. The predicted molar refractivity (Wildman–Crippen MR) is 117 cm³/mol. The van der Waals surface area contributed by atoms with Gasteiger partial charge in [-0.1, -0.05) is 56.3 Å². The normalized spacial score (nSPS) is 18.9. The number of carbonyl (C=O) groups excluding carboxylic acids is 2. The van der Waals surface area contributed by atoms with Gasteiger partial charge >= 0.3 is 0 Å². The highest BCUT2D eigenvalue weighted by Gasteiger charge is 2.41. The molecule has 0 spiro atoms. The highest BCUT2D eigenvalue weighted by molar-refractivity contribution is 5.96. The molecule has 154 valence electrons. The van der Waals surface area contributed by atoms with E-state index in [1.165, 1.54) is 5.56 Å². The molecule has 1 aliphatic rings. The maximum Gasteiger partial charge on any atom is 0.254 e. The summed E-state index contributed by atoms with van der Waals surface area (Å²) in [4.78, 5) is 28.1. The number of hydrogen-bond acceptors (Lipinski definition) is 2. The average Bonchev–Trinajstić information content (AvgIpc) is 3.13. The van der Waals surface area contributed by atoms with E-state index in [4.69, 9.17) is 0 Å². The standard InChI is InChI=1S/C25H32N2O2/c1-17(2)13-14-26-24(28)23-16-27(25(29)21-12-8-6-10-19(21)4)15-22(23)20-11-7-5-9-18(20)3/h5-12,17,22-23H,13-16H2,1-4H3,(H,26,28)/t22-,23-/m0/s1. The molecule has 0 aromatic heterocycles. The van der Waals surface area contributed by atoms with Crippen molar-refractivity contribution in [3.63, 3.8) is 0 Å². The molecular formula is C25H32N2O2. The minimum atomic E-state index is -0.226. The van der Waals surface area contributed by atoms with E-state index in [1.54, 1.807) is 0 Å². The molecule has 1 N–H and O–H groups in total. The van der Waals surface area contributed by atoms with E-state index in [-0.39, 0.29) is 23.7 Å². The van der Waals surface area contributed by atoms with Gasteiger partial charge in [-0.3, -0.25) is 9.59 Å². The predicted octanol–water partition coefficient (Wildman–Crippen LogP) is 4.32. The zero-order chi connectivity index (χ0) is 21.0. The maximum atomic E-state index is 13.2. The van der Waals surface area contributed by atoms with Crippen LogP contribution in [0.1, 0.15) is 53.2 Å². The molecule has 3 rings (SSSR count). The first kappa shape index (κ1) is 21.1. The topological polar surface area (TPSA) is 49.4 Å². The lowest BCUT2D eigenvalue weighted by Crippen LogP contribution is -2.36. The van der Waals surface area contributed by atoms with E-state index < -0.39 is 0 Å². The van der Waals surface area contributed by atoms with Crippen molar-refractivity contribution in [2.45, 2.75) is 40.0 Å². The molecule has 2 aromatic carbocycles. The quantitative estimate of drug-likeness (QED) is 0.796. The molecule has 0 aliphatic carbocycles. The first-order valence-electron chi connectivity index (χ1n) is 10.6. The number of carbonyl (C=O) groups is 2. The van der Waals surface area contributed by atoms with Crippen LogP contribution < -0.4 is 5.32 Å². The average molecular weight is 393 g/mol. The molecular weight excluding hydrogens is 360 g/mol. The second-order valence-corrected chi connectivity index (χ2v) is 8.57. The van der Waals surface area contributed by atoms with Crippen LogP contribution in [0.3, 0.4) is 0 Å². The van der Waals surface area contributed by atoms with E-state index in [0.717, 1.165) is 23.1 Å². The van der Waals surface area contributed by atoms with Gasteiger partial charge in [0.1, 0.15) is 0 Å². The number of likely N-dealkylation sites (tertiary alicyclic amines) is 1. The molecule has 29 heavy (non-hydrogen) atoms. The second kappa shape index (κ2) is 9.25. The molecule has 1 aliphatic heterocycles. The fourth-order valence-electron chi connectivity index (χ4n) is 4.15. The molecule has 2 amide bonds. The van der Waals surface area contributed by atoms with E-state index in [9.17, 15) is 9.59 Å². The molecule has 0 saturated carbocycles. The number of nitrogens with one attached hydrogen (secondary N) is 1. The molecule has 1 saturated heterocycles. The Morgan fingerprint density at radius 2 is 1.66 bits per heavy atom. The van der Waals surface area contributed by atoms with Gasteiger partial charge in [-0.25, -0.2) is 0 Å². The van der Waals surface area contributed by atoms with Crippen molar-refractivity contribution in [3.05, 3.63) is 70.8 Å². The Morgan fingerprint density at radius 1 is 1.00 bits per heavy atom. The molecule has 1 heterocycles. The van der Waals surface area contributed by atoms with Crippen LogP contribution in [-0.2, 0) is 4.79 Å². The Bertz CT molecular complexity index is 875. The Morgan fingerprint density at radius 3 is 2.31 bits per heavy atom. The minimum Gasteiger partial charge on any atom is -0.356 e. The Labute approximate surface area is 174 Å². The maximum absolute atomic E-state index is 13.2. The molecule has 2 aromatic rings. The summed E-state index contributed by atoms with van der Waals surface area (Å²) in [5.74, 6) is 0.405. The number of aryl methyl sites for hydroxylation is 2. The summed E-state index contributed by atoms with van der Waals surface area (Å²) >= 11 is 0. The van der Waals surface area contributed by atoms with Gasteiger partial charge in [-0.15, -0.1) is 0 Å². The summed E-state index contributed by atoms with van der Waals surface area (Å²) in [6.45, 7) is 10.0. The van der Waals surface area contributed by atoms with Crippen LogP contribution in [0.2, 0.25) is 0 Å². The van der Waals surface area contributed by atoms with E-state index in [2.05, 4.69) is 38.2 Å². The fraction of sp³-hybridized carbons (Fsp3) is 0.440. The summed E-state index contributed by atoms with van der Waals surface area (Å²) in [6.07, 6.45) is 0.958. The van der Waals surface area contributed by atoms with Gasteiger partial charge < -0.3 is 10.2 Å². The van der Waals surface area contributed by atoms with Crippen LogP contribution in [0.25, 0.3) is 0 Å². The molecule has 4 heteroatoms. The van der Waals surface area contributed by atoms with Crippen molar-refractivity contribution in [1.82, 2.24) is 10.2 Å². The summed E-state index contributed by atoms with van der Waals surface area (Å²) in [5, 5.41) is 3.11. The third-order valence-corrected chi connectivity index (χ3v) is 5.93. The summed E-state index contributed by atoms with van der Waals surface area (Å²) in [5.41, 5.74) is 4.02. The van der Waals surface area contributed by atoms with Crippen LogP contribution in [0, 0.1) is 25.7 Å². The molecule has 2 atom stereocenters. The minimum absolute atomic E-state index is 0.0131. The molecule has 0 radical (unpaired) electrons. The van der Waals surface area contributed by atoms with Crippen molar-refractivity contribution in [2.24, 2.45) is 11.8 Å². The second-order valence-electron chi connectivity index (χ2n) is 8.57. The van der Waals surface area contributed by atoms with Gasteiger partial charge in [0.2, 0.25) is 5.91 Å². The van der Waals surface area contributed by atoms with Crippen molar-refractivity contribution in [3.8, 4) is 0 Å². The van der Waals surface area contributed by atoms with Gasteiger partial charge in [0.25, 0.3) is 5.91 Å². The van der Waals surface area contributed by atoms with Crippen molar-refractivity contribution in [2.75, 3.05) is 19.6 Å². The van der Waals surface area contributed by atoms with Crippen LogP contribution in [0.5, 0.6) is 0 Å². The Balaban J connectivity index is 1.84. The van der Waals surface area contributed by atoms with Crippen molar-refractivity contribution in [1.29, 1.82) is 0 Å². The zero-order valence-corrected chi connectivity index (χ0v) is 17.9. The van der Waals surface area contributed by atoms with Crippen LogP contribution in [0.15, 0.2) is 48.5 Å². The number of nitrogens with zero attached hydrogens (tertiary/aromatic N) is 1. The summed E-state index contributed by atoms with van der Waals surface area (Å²) in [6, 6.07) is 15.9. The summed E-state index contributed by atoms with van der Waals surface area (Å²) < 4.78 is 0. The van der Waals surface area contributed by atoms with Gasteiger partial charge in [-0.05, 0) is 48.9 Å². The number of benzene rings is 2. The molecule has 0 bridgehead atoms. The van der Waals surface area contributed by atoms with E-state index in [0.29, 0.717) is 25.6 Å². The first-order chi connectivity index (χ1) is 13.9. The zero-order valence-electron chi connectivity index (χ0n) is 17.9. The van der Waals surface area contributed by atoms with E-state index >= 15 is 0 Å². The lowest BCUT2D eigenvalue weighted by molar-refractivity contribution is -0.124. The monoisotopic (exact) mass is 392 g/mol. The van der Waals surface area contributed by atoms with Crippen molar-refractivity contribution < 1.29 is 9.59 Å². The third kappa shape index (κ3) is 4.87. The fourth-order valence-corrected chi connectivity index (χ4v) is 4.15. The summed E-state index contributed by atoms with van der Waals surface area (Å²) in [7, 11) is 0. The van der Waals surface area contributed by atoms with Gasteiger partial charge in [0.15, 0.2) is 0 Å². The molecule has 0 unspecified atom stereocenters. The van der Waals surface area contributed by atoms with Gasteiger partial charge in [-0.2, -0.15) is 0 Å². The van der Waals surface area contributed by atoms with Crippen LogP contribution in [0.4, 0.5) is 0 Å². The highest BCUT2D eigenvalue weighted by Crippen LogP contribution is 2.35. The third-order valence-electron chi connectivity index (χ3n) is 5.93. The molecule has 1 fully saturated rings. The SMILES string of the molecule is Cc1ccccc1C(=O)N1C[C@H](C(=O)NCCC(C)C)[C@H](c2ccccc2C)C1. The van der Waals surface area contributed by atoms with Gasteiger partial charge in [0, 0.05) is 31.1 Å². The van der Waals surface area contributed by atoms with Gasteiger partial charge in [0.05, 0.1) is 5.92 Å². The molecule has 4 nitrogen and oxygen atoms in total. The number of rotatable bonds is 6. The van der Waals surface area contributed by atoms with Crippen molar-refractivity contribution >= 4 is 11.8 Å². The lowest BCUT2D eigenvalue weighted by atomic mass is 9.86. The Hall–Kier alpha value is -2.62. The lowest BCUT2D eigenvalue weighted by Gasteiger charge is -2.20. The number of amides is 2. The Kier molecular flexibility index (Phi) is 6.73. The largest absolute Gasteiger partial charge is 0.356 e. The highest BCUT2D eigenvalue weighted by atomic mass is 16.2. The smallest absolute Gasteiger partial charge is 0.254 e. The van der Waals surface area contributed by atoms with E-state index in [1.807, 2.05) is 48.2 Å². The van der Waals surface area contributed by atoms with Crippen LogP contribution >= 0.6 is 0 Å². The van der Waals surface area contributed by atoms with Crippen LogP contribution in [-0.4, -0.2) is 36.3 Å².